The smallest absolute Gasteiger partial charge is 0.197 e. The number of benzene rings is 2. The maximum Gasteiger partial charge on any atom is 0.197 e. The van der Waals surface area contributed by atoms with Gasteiger partial charge in [0.2, 0.25) is 0 Å². The summed E-state index contributed by atoms with van der Waals surface area (Å²) >= 11 is 0. The van der Waals surface area contributed by atoms with Crippen LogP contribution >= 0.6 is 0 Å². The van der Waals surface area contributed by atoms with Crippen molar-refractivity contribution in [3.63, 3.8) is 0 Å². The van der Waals surface area contributed by atoms with Crippen LogP contribution in [0, 0.1) is 0 Å². The van der Waals surface area contributed by atoms with Crippen molar-refractivity contribution in [2.45, 2.75) is 54.9 Å². The first-order valence-electron chi connectivity index (χ1n) is 12.8. The van der Waals surface area contributed by atoms with E-state index in [4.69, 9.17) is 18.6 Å². The lowest BCUT2D eigenvalue weighted by Gasteiger charge is -2.41. The minimum absolute atomic E-state index is 0.0299. The van der Waals surface area contributed by atoms with Crippen molar-refractivity contribution in [2.75, 3.05) is 20.3 Å². The molecule has 10 N–H and O–H groups in total. The number of methoxy groups -OCH3 is 1. The van der Waals surface area contributed by atoms with Crippen molar-refractivity contribution in [1.82, 2.24) is 0 Å². The average molecular weight is 595 g/mol. The molecule has 0 amide bonds. The molecule has 0 saturated carbocycles. The van der Waals surface area contributed by atoms with E-state index in [2.05, 4.69) is 0 Å². The number of aliphatic hydroxyl groups is 7. The van der Waals surface area contributed by atoms with Crippen molar-refractivity contribution in [2.24, 2.45) is 0 Å². The van der Waals surface area contributed by atoms with E-state index in [1.54, 1.807) is 0 Å². The Morgan fingerprint density at radius 1 is 0.857 bits per heavy atom. The molecule has 2 aliphatic rings. The summed E-state index contributed by atoms with van der Waals surface area (Å²) in [6.07, 6.45) is -15.9. The third kappa shape index (κ3) is 4.74. The summed E-state index contributed by atoms with van der Waals surface area (Å²) in [5.41, 5.74) is -2.35. The van der Waals surface area contributed by atoms with Crippen LogP contribution in [-0.2, 0) is 9.47 Å². The van der Waals surface area contributed by atoms with Crippen molar-refractivity contribution >= 4 is 11.0 Å². The lowest BCUT2D eigenvalue weighted by atomic mass is 9.85. The number of phenolic OH excluding ortho intramolecular Hbond substituents is 3. The molecule has 2 aromatic carbocycles. The van der Waals surface area contributed by atoms with Crippen molar-refractivity contribution < 1.29 is 69.7 Å². The third-order valence-corrected chi connectivity index (χ3v) is 7.62. The number of phenols is 3. The number of rotatable bonds is 5. The predicted octanol–water partition coefficient (Wildman–Crippen LogP) is -1.75. The third-order valence-electron chi connectivity index (χ3n) is 7.62. The van der Waals surface area contributed by atoms with Crippen LogP contribution in [0.2, 0.25) is 0 Å². The molecule has 9 atom stereocenters. The van der Waals surface area contributed by atoms with Gasteiger partial charge >= 0.3 is 0 Å². The van der Waals surface area contributed by atoms with E-state index in [0.29, 0.717) is 0 Å². The Morgan fingerprint density at radius 2 is 1.55 bits per heavy atom. The number of aliphatic hydroxyl groups excluding tert-OH is 7. The van der Waals surface area contributed by atoms with Gasteiger partial charge in [-0.3, -0.25) is 4.79 Å². The molecule has 228 valence electrons. The standard InChI is InChI=1S/C27H30O15/c1-39-13-4-8(2-3-9(13)29)12-5-10(30)15-20(34)16(27-24(38)22(36)19(33)14(6-28)42-27)21(35)17(25(15)41-12)26-23(37)18(32)11(31)7-40-26/h2-5,11,14,18-19,22-24,26-29,31-38H,6-7H2,1H3/t11-,14+,18+,19+,22-,23+,24+,26-,27-/m0/s1. The van der Waals surface area contributed by atoms with Gasteiger partial charge in [0.15, 0.2) is 22.5 Å². The van der Waals surface area contributed by atoms with Gasteiger partial charge in [-0.2, -0.15) is 0 Å². The van der Waals surface area contributed by atoms with E-state index in [1.165, 1.54) is 25.3 Å². The molecule has 0 aliphatic carbocycles. The molecule has 0 spiro atoms. The van der Waals surface area contributed by atoms with Crippen molar-refractivity contribution in [3.05, 3.63) is 45.6 Å². The molecular formula is C27H30O15. The second kappa shape index (κ2) is 11.3. The van der Waals surface area contributed by atoms with Gasteiger partial charge in [-0.05, 0) is 18.2 Å². The van der Waals surface area contributed by atoms with Gasteiger partial charge in [0.05, 0.1) is 31.5 Å². The minimum Gasteiger partial charge on any atom is -0.507 e. The maximum absolute atomic E-state index is 13.5. The minimum atomic E-state index is -2.00. The van der Waals surface area contributed by atoms with Gasteiger partial charge in [0.25, 0.3) is 0 Å². The Morgan fingerprint density at radius 3 is 2.21 bits per heavy atom. The Balaban J connectivity index is 1.80. The molecule has 0 unspecified atom stereocenters. The van der Waals surface area contributed by atoms with Crippen LogP contribution in [0.1, 0.15) is 23.3 Å². The SMILES string of the molecule is COc1cc(-c2cc(=O)c3c(O)c([C@@H]4O[C@H](CO)[C@@H](O)[C@H](O)[C@H]4O)c(O)c([C@@H]4OC[C@H](O)[C@@H](O)[C@H]4O)c3o2)ccc1O. The van der Waals surface area contributed by atoms with E-state index >= 15 is 0 Å². The van der Waals surface area contributed by atoms with E-state index < -0.39 is 107 Å². The summed E-state index contributed by atoms with van der Waals surface area (Å²) in [4.78, 5) is 13.5. The number of ether oxygens (including phenoxy) is 3. The second-order valence-corrected chi connectivity index (χ2v) is 10.1. The summed E-state index contributed by atoms with van der Waals surface area (Å²) in [6.45, 7) is -1.36. The summed E-state index contributed by atoms with van der Waals surface area (Å²) in [5, 5.41) is 104. The number of hydrogen-bond donors (Lipinski definition) is 10. The van der Waals surface area contributed by atoms with Gasteiger partial charge in [-0.1, -0.05) is 0 Å². The highest BCUT2D eigenvalue weighted by atomic mass is 16.5. The normalized spacial score (nSPS) is 31.8. The molecule has 42 heavy (non-hydrogen) atoms. The average Bonchev–Trinajstić information content (AvgIpc) is 2.96. The fourth-order valence-corrected chi connectivity index (χ4v) is 5.31. The molecule has 15 heteroatoms. The van der Waals surface area contributed by atoms with Crippen LogP contribution in [-0.4, -0.2) is 114 Å². The molecule has 2 saturated heterocycles. The van der Waals surface area contributed by atoms with E-state index in [1.807, 2.05) is 0 Å². The largest absolute Gasteiger partial charge is 0.507 e. The Hall–Kier alpha value is -3.51. The molecule has 0 radical (unpaired) electrons. The lowest BCUT2D eigenvalue weighted by Crippen LogP contribution is -2.55. The first-order valence-corrected chi connectivity index (χ1v) is 12.8. The van der Waals surface area contributed by atoms with Crippen LogP contribution in [0.3, 0.4) is 0 Å². The van der Waals surface area contributed by atoms with Gasteiger partial charge in [0, 0.05) is 11.6 Å². The Bertz CT molecular complexity index is 1530. The molecule has 3 aromatic rings. The zero-order valence-electron chi connectivity index (χ0n) is 21.9. The number of aromatic hydroxyl groups is 3. The zero-order chi connectivity index (χ0) is 30.6. The summed E-state index contributed by atoms with van der Waals surface area (Å²) in [7, 11) is 1.30. The van der Waals surface area contributed by atoms with Gasteiger partial charge in [-0.25, -0.2) is 0 Å². The Kier molecular flexibility index (Phi) is 8.06. The Labute approximate surface area is 236 Å². The topological polar surface area (TPSA) is 260 Å². The first kappa shape index (κ1) is 30.0. The van der Waals surface area contributed by atoms with Crippen molar-refractivity contribution in [3.8, 4) is 34.3 Å². The highest BCUT2D eigenvalue weighted by molar-refractivity contribution is 5.92. The maximum atomic E-state index is 13.5. The fraction of sp³-hybridized carbons (Fsp3) is 0.444. The fourth-order valence-electron chi connectivity index (χ4n) is 5.31. The predicted molar refractivity (Wildman–Crippen MR) is 139 cm³/mol. The van der Waals surface area contributed by atoms with E-state index in [0.717, 1.165) is 6.07 Å². The molecule has 0 bridgehead atoms. The van der Waals surface area contributed by atoms with Crippen molar-refractivity contribution in [1.29, 1.82) is 0 Å². The van der Waals surface area contributed by atoms with Crippen LogP contribution in [0.15, 0.2) is 33.5 Å². The first-order chi connectivity index (χ1) is 19.9. The highest BCUT2D eigenvalue weighted by Crippen LogP contribution is 2.50. The molecule has 5 rings (SSSR count). The number of hydrogen-bond acceptors (Lipinski definition) is 15. The van der Waals surface area contributed by atoms with Crippen LogP contribution in [0.5, 0.6) is 23.0 Å². The highest BCUT2D eigenvalue weighted by Gasteiger charge is 2.48. The van der Waals surface area contributed by atoms with E-state index in [-0.39, 0.29) is 22.8 Å². The quantitative estimate of drug-likeness (QED) is 0.157. The summed E-state index contributed by atoms with van der Waals surface area (Å²) < 4.78 is 22.1. The van der Waals surface area contributed by atoms with Crippen LogP contribution in [0.4, 0.5) is 0 Å². The monoisotopic (exact) mass is 594 g/mol. The molecule has 2 fully saturated rings. The van der Waals surface area contributed by atoms with Crippen LogP contribution in [0.25, 0.3) is 22.3 Å². The lowest BCUT2D eigenvalue weighted by molar-refractivity contribution is -0.232. The van der Waals surface area contributed by atoms with Crippen LogP contribution < -0.4 is 10.2 Å². The molecule has 1 aromatic heterocycles. The molecular weight excluding hydrogens is 564 g/mol. The zero-order valence-corrected chi connectivity index (χ0v) is 21.9. The number of fused-ring (bicyclic) bond motifs is 1. The molecule has 2 aliphatic heterocycles. The van der Waals surface area contributed by atoms with Gasteiger partial charge < -0.3 is 69.7 Å². The summed E-state index contributed by atoms with van der Waals surface area (Å²) in [5.74, 6) is -2.22. The van der Waals surface area contributed by atoms with Gasteiger partial charge in [-0.15, -0.1) is 0 Å². The summed E-state index contributed by atoms with van der Waals surface area (Å²) in [6, 6.07) is 4.97. The molecule has 15 nitrogen and oxygen atoms in total. The van der Waals surface area contributed by atoms with E-state index in [9.17, 15) is 55.9 Å². The van der Waals surface area contributed by atoms with Gasteiger partial charge in [0.1, 0.15) is 77.6 Å². The second-order valence-electron chi connectivity index (χ2n) is 10.1. The molecule has 3 heterocycles.